The van der Waals surface area contributed by atoms with Gasteiger partial charge in [-0.3, -0.25) is 9.59 Å². The van der Waals surface area contributed by atoms with Crippen molar-refractivity contribution in [1.29, 1.82) is 0 Å². The van der Waals surface area contributed by atoms with Crippen molar-refractivity contribution in [3.8, 4) is 16.9 Å². The molecule has 1 aromatic heterocycles. The Labute approximate surface area is 197 Å². The molecule has 0 saturated carbocycles. The lowest BCUT2D eigenvalue weighted by molar-refractivity contribution is -0.117. The van der Waals surface area contributed by atoms with E-state index < -0.39 is 5.82 Å². The molecular weight excluding hydrogens is 431 g/mol. The molecule has 0 aliphatic heterocycles. The van der Waals surface area contributed by atoms with E-state index in [4.69, 9.17) is 5.10 Å². The van der Waals surface area contributed by atoms with Crippen LogP contribution in [0, 0.1) is 5.82 Å². The number of hydrogen-bond donors (Lipinski definition) is 1. The maximum Gasteiger partial charge on any atom is 0.254 e. The number of aromatic nitrogens is 2. The molecule has 1 N–H and O–H groups in total. The van der Waals surface area contributed by atoms with Crippen molar-refractivity contribution in [1.82, 2.24) is 14.7 Å². The molecular formula is C27H25FN4O2. The summed E-state index contributed by atoms with van der Waals surface area (Å²) in [4.78, 5) is 27.5. The van der Waals surface area contributed by atoms with E-state index in [0.29, 0.717) is 17.1 Å². The van der Waals surface area contributed by atoms with Gasteiger partial charge in [0.15, 0.2) is 0 Å². The van der Waals surface area contributed by atoms with Gasteiger partial charge in [0.2, 0.25) is 5.91 Å². The first-order chi connectivity index (χ1) is 16.4. The van der Waals surface area contributed by atoms with Crippen LogP contribution >= 0.6 is 0 Å². The summed E-state index contributed by atoms with van der Waals surface area (Å²) in [5.74, 6) is -0.630. The number of nitrogens with one attached hydrogen (secondary N) is 1. The molecule has 6 nitrogen and oxygen atoms in total. The minimum atomic E-state index is -0.422. The Morgan fingerprint density at radius 1 is 0.941 bits per heavy atom. The summed E-state index contributed by atoms with van der Waals surface area (Å²) >= 11 is 0. The first-order valence-corrected chi connectivity index (χ1v) is 11.0. The fourth-order valence-corrected chi connectivity index (χ4v) is 3.57. The third-order valence-electron chi connectivity index (χ3n) is 5.34. The predicted molar refractivity (Wildman–Crippen MR) is 130 cm³/mol. The van der Waals surface area contributed by atoms with Crippen LogP contribution in [0.2, 0.25) is 0 Å². The monoisotopic (exact) mass is 456 g/mol. The number of halogens is 1. The number of carbonyl (C=O) groups is 2. The van der Waals surface area contributed by atoms with Crippen LogP contribution in [-0.2, 0) is 4.79 Å². The minimum Gasteiger partial charge on any atom is -0.327 e. The van der Waals surface area contributed by atoms with Gasteiger partial charge < -0.3 is 10.2 Å². The van der Waals surface area contributed by atoms with E-state index >= 15 is 0 Å². The molecule has 34 heavy (non-hydrogen) atoms. The topological polar surface area (TPSA) is 67.2 Å². The van der Waals surface area contributed by atoms with Crippen molar-refractivity contribution < 1.29 is 14.0 Å². The fraction of sp³-hybridized carbons (Fsp3) is 0.148. The van der Waals surface area contributed by atoms with Gasteiger partial charge in [0.05, 0.1) is 11.4 Å². The Morgan fingerprint density at radius 3 is 2.18 bits per heavy atom. The third kappa shape index (κ3) is 5.20. The van der Waals surface area contributed by atoms with Crippen LogP contribution in [0.15, 0.2) is 91.0 Å². The molecule has 3 aromatic carbocycles. The number of carbonyl (C=O) groups excluding carboxylic acids is 2. The van der Waals surface area contributed by atoms with Crippen LogP contribution in [0.25, 0.3) is 16.9 Å². The fourth-order valence-electron chi connectivity index (χ4n) is 3.57. The Morgan fingerprint density at radius 2 is 1.56 bits per heavy atom. The van der Waals surface area contributed by atoms with Crippen LogP contribution in [-0.4, -0.2) is 39.1 Å². The van der Waals surface area contributed by atoms with Crippen LogP contribution in [0.1, 0.15) is 24.2 Å². The van der Waals surface area contributed by atoms with E-state index in [0.717, 1.165) is 11.3 Å². The van der Waals surface area contributed by atoms with Crippen LogP contribution in [0.4, 0.5) is 10.2 Å². The summed E-state index contributed by atoms with van der Waals surface area (Å²) in [5.41, 5.74) is 2.75. The highest BCUT2D eigenvalue weighted by Crippen LogP contribution is 2.25. The zero-order valence-corrected chi connectivity index (χ0v) is 19.0. The van der Waals surface area contributed by atoms with Crippen molar-refractivity contribution in [3.63, 3.8) is 0 Å². The molecule has 4 aromatic rings. The lowest BCUT2D eigenvalue weighted by Gasteiger charge is -2.26. The second-order valence-electron chi connectivity index (χ2n) is 8.11. The van der Waals surface area contributed by atoms with Gasteiger partial charge in [-0.15, -0.1) is 0 Å². The van der Waals surface area contributed by atoms with E-state index in [-0.39, 0.29) is 24.4 Å². The Kier molecular flexibility index (Phi) is 6.82. The van der Waals surface area contributed by atoms with Gasteiger partial charge in [-0.05, 0) is 50.2 Å². The van der Waals surface area contributed by atoms with Crippen molar-refractivity contribution in [2.75, 3.05) is 11.9 Å². The molecule has 4 rings (SSSR count). The zero-order valence-electron chi connectivity index (χ0n) is 19.0. The average molecular weight is 457 g/mol. The number of rotatable bonds is 7. The van der Waals surface area contributed by atoms with Crippen molar-refractivity contribution in [3.05, 3.63) is 102 Å². The Bertz CT molecular complexity index is 1270. The molecule has 0 aliphatic carbocycles. The summed E-state index contributed by atoms with van der Waals surface area (Å²) in [6, 6.07) is 26.1. The summed E-state index contributed by atoms with van der Waals surface area (Å²) in [7, 11) is 0. The SMILES string of the molecule is CC(C)N(CC(=O)Nc1cc(-c2ccccc2)nn1-c1ccccc1)C(=O)c1ccc(F)cc1. The van der Waals surface area contributed by atoms with Gasteiger partial charge in [0.25, 0.3) is 5.91 Å². The number of para-hydroxylation sites is 1. The van der Waals surface area contributed by atoms with E-state index in [1.54, 1.807) is 4.68 Å². The van der Waals surface area contributed by atoms with Crippen molar-refractivity contribution >= 4 is 17.6 Å². The summed E-state index contributed by atoms with van der Waals surface area (Å²) in [6.45, 7) is 3.50. The number of anilines is 1. The lowest BCUT2D eigenvalue weighted by Crippen LogP contribution is -2.42. The van der Waals surface area contributed by atoms with E-state index in [1.807, 2.05) is 80.6 Å². The van der Waals surface area contributed by atoms with Gasteiger partial charge in [0, 0.05) is 23.2 Å². The lowest BCUT2D eigenvalue weighted by atomic mass is 10.1. The quantitative estimate of drug-likeness (QED) is 0.417. The standard InChI is InChI=1S/C27H25FN4O2/c1-19(2)31(27(34)21-13-15-22(28)16-14-21)18-26(33)29-25-17-24(20-9-5-3-6-10-20)30-32(25)23-11-7-4-8-12-23/h3-17,19H,18H2,1-2H3,(H,29,33). The van der Waals surface area contributed by atoms with Gasteiger partial charge in [-0.1, -0.05) is 48.5 Å². The highest BCUT2D eigenvalue weighted by molar-refractivity contribution is 5.99. The maximum atomic E-state index is 13.3. The summed E-state index contributed by atoms with van der Waals surface area (Å²) in [6.07, 6.45) is 0. The Balaban J connectivity index is 1.59. The largest absolute Gasteiger partial charge is 0.327 e. The molecule has 0 unspecified atom stereocenters. The van der Waals surface area contributed by atoms with E-state index in [9.17, 15) is 14.0 Å². The average Bonchev–Trinajstić information content (AvgIpc) is 3.27. The first kappa shape index (κ1) is 22.9. The molecule has 7 heteroatoms. The molecule has 0 spiro atoms. The Hall–Kier alpha value is -4.26. The number of hydrogen-bond acceptors (Lipinski definition) is 3. The van der Waals surface area contributed by atoms with Crippen LogP contribution in [0.5, 0.6) is 0 Å². The highest BCUT2D eigenvalue weighted by Gasteiger charge is 2.23. The predicted octanol–water partition coefficient (Wildman–Crippen LogP) is 5.17. The van der Waals surface area contributed by atoms with Crippen LogP contribution < -0.4 is 5.32 Å². The molecule has 0 bridgehead atoms. The summed E-state index contributed by atoms with van der Waals surface area (Å²) < 4.78 is 14.9. The minimum absolute atomic E-state index is 0.158. The van der Waals surface area contributed by atoms with E-state index in [2.05, 4.69) is 5.32 Å². The third-order valence-corrected chi connectivity index (χ3v) is 5.34. The second kappa shape index (κ2) is 10.1. The molecule has 0 aliphatic rings. The second-order valence-corrected chi connectivity index (χ2v) is 8.11. The van der Waals surface area contributed by atoms with Crippen molar-refractivity contribution in [2.45, 2.75) is 19.9 Å². The molecule has 0 atom stereocenters. The molecule has 0 saturated heterocycles. The van der Waals surface area contributed by atoms with Crippen LogP contribution in [0.3, 0.4) is 0 Å². The molecule has 0 radical (unpaired) electrons. The summed E-state index contributed by atoms with van der Waals surface area (Å²) in [5, 5.41) is 7.60. The normalized spacial score (nSPS) is 10.8. The first-order valence-electron chi connectivity index (χ1n) is 11.0. The molecule has 0 fully saturated rings. The molecule has 1 heterocycles. The number of benzene rings is 3. The zero-order chi connectivity index (χ0) is 24.1. The molecule has 2 amide bonds. The van der Waals surface area contributed by atoms with Gasteiger partial charge >= 0.3 is 0 Å². The number of amides is 2. The van der Waals surface area contributed by atoms with Gasteiger partial charge in [-0.25, -0.2) is 9.07 Å². The maximum absolute atomic E-state index is 13.3. The van der Waals surface area contributed by atoms with Gasteiger partial charge in [0.1, 0.15) is 18.2 Å². The number of nitrogens with zero attached hydrogens (tertiary/aromatic N) is 3. The van der Waals surface area contributed by atoms with Gasteiger partial charge in [-0.2, -0.15) is 5.10 Å². The van der Waals surface area contributed by atoms with E-state index in [1.165, 1.54) is 29.2 Å². The molecule has 172 valence electrons. The van der Waals surface area contributed by atoms with Crippen molar-refractivity contribution in [2.24, 2.45) is 0 Å². The smallest absolute Gasteiger partial charge is 0.254 e. The highest BCUT2D eigenvalue weighted by atomic mass is 19.1.